The number of pyridine rings is 3. The first kappa shape index (κ1) is 43.1. The van der Waals surface area contributed by atoms with Gasteiger partial charge in [-0.3, -0.25) is 15.0 Å². The van der Waals surface area contributed by atoms with Crippen molar-refractivity contribution in [2.24, 2.45) is 0 Å². The van der Waals surface area contributed by atoms with E-state index >= 15 is 0 Å². The lowest BCUT2D eigenvalue weighted by Gasteiger charge is -2.40. The fourth-order valence-electron chi connectivity index (χ4n) is 14.1. The number of ether oxygens (including phenoxy) is 1. The molecule has 1 atom stereocenters. The molecule has 0 saturated carbocycles. The lowest BCUT2D eigenvalue weighted by molar-refractivity contribution is 0.433. The number of aromatic nitrogens is 7. The summed E-state index contributed by atoms with van der Waals surface area (Å²) in [6, 6.07) is 80.1. The van der Waals surface area contributed by atoms with E-state index in [2.05, 4.69) is 231 Å². The normalized spacial score (nSPS) is 14.4. The van der Waals surface area contributed by atoms with Gasteiger partial charge in [-0.1, -0.05) is 133 Å². The van der Waals surface area contributed by atoms with Crippen LogP contribution in [-0.4, -0.2) is 33.2 Å². The number of para-hydroxylation sites is 8. The number of nitrogens with zero attached hydrogens (tertiary/aromatic N) is 8. The summed E-state index contributed by atoms with van der Waals surface area (Å²) in [5.74, 6) is 1.44. The number of hydrogen-bond acceptors (Lipinski definition) is 5. The number of rotatable bonds is 4. The number of nitriles is 1. The lowest BCUT2D eigenvalue weighted by atomic mass is 9.66. The largest absolute Gasteiger partial charge is 0.452 e. The molecular weight excluding hydrogens is 981 g/mol. The van der Waals surface area contributed by atoms with Crippen molar-refractivity contribution in [1.82, 2.24) is 33.2 Å². The molecule has 1 unspecified atom stereocenters. The van der Waals surface area contributed by atoms with Crippen LogP contribution in [0.25, 0.3) is 121 Å². The van der Waals surface area contributed by atoms with E-state index in [9.17, 15) is 5.26 Å². The average molecular weight is 1020 g/mol. The molecule has 0 N–H and O–H groups in total. The van der Waals surface area contributed by atoms with Gasteiger partial charge in [-0.05, 0) is 84.9 Å². The predicted molar refractivity (Wildman–Crippen MR) is 319 cm³/mol. The highest BCUT2D eigenvalue weighted by molar-refractivity contribution is 6.13. The smallest absolute Gasteiger partial charge is 0.156 e. The van der Waals surface area contributed by atoms with E-state index in [4.69, 9.17) is 19.7 Å². The molecule has 1 aliphatic heterocycles. The first-order valence-electron chi connectivity index (χ1n) is 26.9. The molecule has 16 aromatic rings. The fraction of sp³-hybridized carbons (Fsp3) is 0.0141. The zero-order chi connectivity index (χ0) is 52.4. The first-order chi connectivity index (χ1) is 39.7. The van der Waals surface area contributed by atoms with Crippen molar-refractivity contribution >= 4 is 87.2 Å². The minimum absolute atomic E-state index is 0.608. The molecule has 9 aromatic carbocycles. The van der Waals surface area contributed by atoms with Crippen molar-refractivity contribution in [3.8, 4) is 51.7 Å². The van der Waals surface area contributed by atoms with Crippen LogP contribution in [-0.2, 0) is 5.41 Å². The molecule has 0 bridgehead atoms. The van der Waals surface area contributed by atoms with Gasteiger partial charge in [-0.15, -0.1) is 0 Å². The van der Waals surface area contributed by atoms with Crippen LogP contribution in [0.4, 0.5) is 0 Å². The Labute approximate surface area is 456 Å². The van der Waals surface area contributed by atoms with E-state index in [0.717, 1.165) is 139 Å². The van der Waals surface area contributed by atoms with E-state index in [1.807, 2.05) is 36.9 Å². The Hall–Kier alpha value is -11.1. The number of hydrogen-bond donors (Lipinski definition) is 0. The van der Waals surface area contributed by atoms with Gasteiger partial charge in [0.2, 0.25) is 0 Å². The Bertz CT molecular complexity index is 5130. The van der Waals surface area contributed by atoms with Crippen molar-refractivity contribution in [2.45, 2.75) is 5.41 Å². The van der Waals surface area contributed by atoms with Gasteiger partial charge in [0.1, 0.15) is 0 Å². The zero-order valence-electron chi connectivity index (χ0n) is 42.6. The second kappa shape index (κ2) is 15.8. The molecule has 0 radical (unpaired) electrons. The molecule has 8 heterocycles. The Kier molecular flexibility index (Phi) is 8.48. The minimum Gasteiger partial charge on any atom is -0.452 e. The van der Waals surface area contributed by atoms with E-state index in [-0.39, 0.29) is 0 Å². The monoisotopic (exact) mass is 1020 g/mol. The summed E-state index contributed by atoms with van der Waals surface area (Å²) in [7, 11) is 0. The van der Waals surface area contributed by atoms with Crippen LogP contribution >= 0.6 is 0 Å². The Morgan fingerprint density at radius 3 is 1.21 bits per heavy atom. The maximum Gasteiger partial charge on any atom is 0.156 e. The van der Waals surface area contributed by atoms with Crippen molar-refractivity contribution in [3.63, 3.8) is 0 Å². The molecule has 1 aliphatic carbocycles. The van der Waals surface area contributed by atoms with Crippen molar-refractivity contribution in [2.75, 3.05) is 0 Å². The number of fused-ring (bicyclic) bond motifs is 21. The third-order valence-electron chi connectivity index (χ3n) is 17.2. The topological polar surface area (TPSA) is 91.4 Å². The zero-order valence-corrected chi connectivity index (χ0v) is 42.6. The average Bonchev–Trinajstić information content (AvgIpc) is 4.36. The Morgan fingerprint density at radius 2 is 0.750 bits per heavy atom. The summed E-state index contributed by atoms with van der Waals surface area (Å²) >= 11 is 0. The SMILES string of the molecule is N#Cc1ccc2c(c1)c1ccccc1n2-c1cnc2c(c1)C1(c3cc(-n4c5ccccc5c5ccccc54)cnc3-2)c2cccc(-n3c4ccccc4c4ccccc43)c2Oc2c(-n3c4ccccc4c4ccncc43)cccc21. The molecule has 0 saturated heterocycles. The third kappa shape index (κ3) is 5.45. The molecule has 80 heavy (non-hydrogen) atoms. The van der Waals surface area contributed by atoms with Crippen LogP contribution in [0, 0.1) is 11.3 Å². The van der Waals surface area contributed by atoms with E-state index in [1.54, 1.807) is 0 Å². The van der Waals surface area contributed by atoms with Gasteiger partial charge in [-0.2, -0.15) is 5.26 Å². The highest BCUT2D eigenvalue weighted by atomic mass is 16.5. The lowest BCUT2D eigenvalue weighted by Crippen LogP contribution is -2.33. The van der Waals surface area contributed by atoms with Crippen LogP contribution in [0.2, 0.25) is 0 Å². The minimum atomic E-state index is -1.09. The summed E-state index contributed by atoms with van der Waals surface area (Å²) in [4.78, 5) is 15.9. The van der Waals surface area contributed by atoms with Crippen LogP contribution in [0.15, 0.2) is 243 Å². The van der Waals surface area contributed by atoms with Crippen molar-refractivity contribution < 1.29 is 4.74 Å². The highest BCUT2D eigenvalue weighted by Gasteiger charge is 2.54. The molecule has 9 heteroatoms. The van der Waals surface area contributed by atoms with Crippen LogP contribution < -0.4 is 4.74 Å². The molecule has 18 rings (SSSR count). The molecule has 2 aliphatic rings. The quantitative estimate of drug-likeness (QED) is 0.175. The number of benzene rings is 9. The summed E-state index contributed by atoms with van der Waals surface area (Å²) in [5.41, 5.74) is 16.9. The molecule has 0 amide bonds. The summed E-state index contributed by atoms with van der Waals surface area (Å²) < 4.78 is 17.3. The maximum atomic E-state index is 10.1. The van der Waals surface area contributed by atoms with Gasteiger partial charge in [0, 0.05) is 71.5 Å². The molecule has 0 fully saturated rings. The van der Waals surface area contributed by atoms with E-state index < -0.39 is 5.41 Å². The molecule has 1 spiro atoms. The molecule has 9 nitrogen and oxygen atoms in total. The summed E-state index contributed by atoms with van der Waals surface area (Å²) in [5, 5.41) is 19.1. The molecule has 370 valence electrons. The molecule has 7 aromatic heterocycles. The van der Waals surface area contributed by atoms with Crippen LogP contribution in [0.5, 0.6) is 11.5 Å². The van der Waals surface area contributed by atoms with Crippen LogP contribution in [0.3, 0.4) is 0 Å². The highest BCUT2D eigenvalue weighted by Crippen LogP contribution is 2.64. The second-order valence-electron chi connectivity index (χ2n) is 21.0. The van der Waals surface area contributed by atoms with Gasteiger partial charge in [0.15, 0.2) is 11.5 Å². The van der Waals surface area contributed by atoms with Gasteiger partial charge < -0.3 is 23.0 Å². The first-order valence-corrected chi connectivity index (χ1v) is 26.9. The molecular formula is C71H40N8O. The van der Waals surface area contributed by atoms with Gasteiger partial charge in [0.05, 0.1) is 114 Å². The van der Waals surface area contributed by atoms with E-state index in [0.29, 0.717) is 11.3 Å². The third-order valence-corrected chi connectivity index (χ3v) is 17.2. The Balaban J connectivity index is 1.02. The summed E-state index contributed by atoms with van der Waals surface area (Å²) in [6.07, 6.45) is 7.85. The van der Waals surface area contributed by atoms with Gasteiger partial charge >= 0.3 is 0 Å². The van der Waals surface area contributed by atoms with Crippen molar-refractivity contribution in [1.29, 1.82) is 5.26 Å². The fourth-order valence-corrected chi connectivity index (χ4v) is 14.1. The Morgan fingerprint density at radius 1 is 0.350 bits per heavy atom. The van der Waals surface area contributed by atoms with Crippen molar-refractivity contribution in [3.05, 3.63) is 271 Å². The summed E-state index contributed by atoms with van der Waals surface area (Å²) in [6.45, 7) is 0. The van der Waals surface area contributed by atoms with Gasteiger partial charge in [-0.25, -0.2) is 0 Å². The maximum absolute atomic E-state index is 10.1. The standard InChI is InChI=1S/C71H40N8O/c72-38-42-31-32-63-52(35-42)50-20-6-9-25-59(50)77(63)44-37-56-68(75-40-44)67-55(36-43(39-74-67)76-57-23-7-1-15-45(57)46-16-2-8-24-58(46)76)71(56)53-21-13-29-64(78-60-26-10-3-17-47(60)48-18-4-11-27-61(48)78)69(53)80-70-54(71)22-14-30-65(70)79-62-28-12-5-19-49(62)51-33-34-73-41-66(51)79/h1-37,39-41H. The predicted octanol–water partition coefficient (Wildman–Crippen LogP) is 16.6. The van der Waals surface area contributed by atoms with Gasteiger partial charge in [0.25, 0.3) is 0 Å². The van der Waals surface area contributed by atoms with Crippen LogP contribution in [0.1, 0.15) is 27.8 Å². The van der Waals surface area contributed by atoms with E-state index in [1.165, 1.54) is 10.8 Å². The second-order valence-corrected chi connectivity index (χ2v) is 21.0.